The Balaban J connectivity index is 2.11. The summed E-state index contributed by atoms with van der Waals surface area (Å²) >= 11 is 0. The number of anilines is 2. The number of nitrogens with one attached hydrogen (secondary N) is 1. The monoisotopic (exact) mass is 267 g/mol. The van der Waals surface area contributed by atoms with E-state index in [-0.39, 0.29) is 0 Å². The van der Waals surface area contributed by atoms with Crippen molar-refractivity contribution in [3.05, 3.63) is 6.33 Å². The fourth-order valence-corrected chi connectivity index (χ4v) is 2.43. The molecule has 1 aliphatic heterocycles. The Labute approximate surface area is 113 Å². The second-order valence-electron chi connectivity index (χ2n) is 4.61. The summed E-state index contributed by atoms with van der Waals surface area (Å²) in [6.45, 7) is 2.70. The van der Waals surface area contributed by atoms with Gasteiger partial charge in [0, 0.05) is 26.8 Å². The van der Waals surface area contributed by atoms with Crippen LogP contribution in [0.15, 0.2) is 6.33 Å². The van der Waals surface area contributed by atoms with Crippen LogP contribution in [0, 0.1) is 5.92 Å². The molecule has 1 aromatic heterocycles. The molecule has 0 unspecified atom stereocenters. The molecular weight excluding hydrogens is 246 g/mol. The van der Waals surface area contributed by atoms with E-state index in [1.807, 2.05) is 0 Å². The van der Waals surface area contributed by atoms with Gasteiger partial charge in [-0.05, 0) is 18.8 Å². The van der Waals surface area contributed by atoms with Crippen molar-refractivity contribution in [2.24, 2.45) is 11.8 Å². The lowest BCUT2D eigenvalue weighted by molar-refractivity contribution is 0.139. The van der Waals surface area contributed by atoms with Gasteiger partial charge in [0.2, 0.25) is 5.75 Å². The molecule has 0 amide bonds. The van der Waals surface area contributed by atoms with Crippen molar-refractivity contribution < 1.29 is 9.47 Å². The topological polar surface area (TPSA) is 85.5 Å². The SMILES string of the molecule is COCC1CCN(c2ncnc(NN)c2OC)CC1. The Morgan fingerprint density at radius 2 is 2.11 bits per heavy atom. The maximum Gasteiger partial charge on any atom is 0.205 e. The average molecular weight is 267 g/mol. The highest BCUT2D eigenvalue weighted by Gasteiger charge is 2.23. The van der Waals surface area contributed by atoms with Gasteiger partial charge in [-0.1, -0.05) is 0 Å². The van der Waals surface area contributed by atoms with Crippen molar-refractivity contribution in [1.82, 2.24) is 9.97 Å². The van der Waals surface area contributed by atoms with E-state index < -0.39 is 0 Å². The van der Waals surface area contributed by atoms with Crippen LogP contribution in [0.25, 0.3) is 0 Å². The quantitative estimate of drug-likeness (QED) is 0.598. The first-order chi connectivity index (χ1) is 9.30. The Morgan fingerprint density at radius 1 is 1.37 bits per heavy atom. The van der Waals surface area contributed by atoms with Crippen molar-refractivity contribution in [3.8, 4) is 5.75 Å². The van der Waals surface area contributed by atoms with Gasteiger partial charge in [0.1, 0.15) is 6.33 Å². The number of hydrazine groups is 1. The zero-order valence-corrected chi connectivity index (χ0v) is 11.4. The molecule has 106 valence electrons. The van der Waals surface area contributed by atoms with Crippen LogP contribution in [0.1, 0.15) is 12.8 Å². The number of nitrogens with zero attached hydrogens (tertiary/aromatic N) is 3. The van der Waals surface area contributed by atoms with Crippen LogP contribution in [-0.4, -0.2) is 43.9 Å². The summed E-state index contributed by atoms with van der Waals surface area (Å²) in [4.78, 5) is 10.6. The number of ether oxygens (including phenoxy) is 2. The number of aromatic nitrogens is 2. The third-order valence-corrected chi connectivity index (χ3v) is 3.44. The van der Waals surface area contributed by atoms with Gasteiger partial charge in [-0.3, -0.25) is 0 Å². The number of hydrogen-bond donors (Lipinski definition) is 2. The molecule has 0 radical (unpaired) electrons. The van der Waals surface area contributed by atoms with E-state index in [1.54, 1.807) is 14.2 Å². The molecule has 1 fully saturated rings. The fourth-order valence-electron chi connectivity index (χ4n) is 2.43. The van der Waals surface area contributed by atoms with Crippen LogP contribution in [0.3, 0.4) is 0 Å². The van der Waals surface area contributed by atoms with Crippen LogP contribution < -0.4 is 20.9 Å². The lowest BCUT2D eigenvalue weighted by Crippen LogP contribution is -2.36. The van der Waals surface area contributed by atoms with Crippen LogP contribution in [0.4, 0.5) is 11.6 Å². The summed E-state index contributed by atoms with van der Waals surface area (Å²) in [6, 6.07) is 0. The van der Waals surface area contributed by atoms with Gasteiger partial charge in [-0.15, -0.1) is 0 Å². The van der Waals surface area contributed by atoms with Gasteiger partial charge in [-0.25, -0.2) is 15.8 Å². The van der Waals surface area contributed by atoms with Crippen LogP contribution >= 0.6 is 0 Å². The highest BCUT2D eigenvalue weighted by atomic mass is 16.5. The molecule has 0 spiro atoms. The van der Waals surface area contributed by atoms with Gasteiger partial charge in [0.05, 0.1) is 7.11 Å². The summed E-state index contributed by atoms with van der Waals surface area (Å²) in [6.07, 6.45) is 3.67. The molecule has 0 bridgehead atoms. The first kappa shape index (κ1) is 13.8. The number of piperidine rings is 1. The van der Waals surface area contributed by atoms with E-state index in [4.69, 9.17) is 15.3 Å². The van der Waals surface area contributed by atoms with Crippen LogP contribution in [-0.2, 0) is 4.74 Å². The third kappa shape index (κ3) is 3.05. The van der Waals surface area contributed by atoms with E-state index in [9.17, 15) is 0 Å². The number of methoxy groups -OCH3 is 2. The van der Waals surface area contributed by atoms with E-state index in [0.717, 1.165) is 38.4 Å². The molecule has 7 heteroatoms. The van der Waals surface area contributed by atoms with Gasteiger partial charge >= 0.3 is 0 Å². The summed E-state index contributed by atoms with van der Waals surface area (Å²) < 4.78 is 10.6. The molecule has 0 saturated carbocycles. The minimum atomic E-state index is 0.506. The lowest BCUT2D eigenvalue weighted by Gasteiger charge is -2.33. The highest BCUT2D eigenvalue weighted by Crippen LogP contribution is 2.33. The molecule has 1 aliphatic rings. The van der Waals surface area contributed by atoms with E-state index in [0.29, 0.717) is 17.5 Å². The molecule has 0 aliphatic carbocycles. The Morgan fingerprint density at radius 3 is 2.68 bits per heavy atom. The van der Waals surface area contributed by atoms with Crippen molar-refractivity contribution >= 4 is 11.6 Å². The standard InChI is InChI=1S/C12H21N5O2/c1-18-7-9-3-5-17(6-4-9)12-10(19-2)11(16-13)14-8-15-12/h8-9H,3-7,13H2,1-2H3,(H,14,15,16). The second kappa shape index (κ2) is 6.53. The smallest absolute Gasteiger partial charge is 0.205 e. The largest absolute Gasteiger partial charge is 0.490 e. The summed E-state index contributed by atoms with van der Waals surface area (Å²) in [5, 5.41) is 0. The molecule has 2 heterocycles. The Hall–Kier alpha value is -1.60. The maximum atomic E-state index is 5.43. The van der Waals surface area contributed by atoms with E-state index >= 15 is 0 Å². The molecule has 0 atom stereocenters. The molecule has 7 nitrogen and oxygen atoms in total. The summed E-state index contributed by atoms with van der Waals surface area (Å²) in [7, 11) is 3.35. The van der Waals surface area contributed by atoms with Crippen molar-refractivity contribution in [3.63, 3.8) is 0 Å². The normalized spacial score (nSPS) is 16.5. The average Bonchev–Trinajstić information content (AvgIpc) is 2.47. The highest BCUT2D eigenvalue weighted by molar-refractivity contribution is 5.64. The predicted octanol–water partition coefficient (Wildman–Crippen LogP) is 0.634. The van der Waals surface area contributed by atoms with Gasteiger partial charge in [-0.2, -0.15) is 0 Å². The zero-order valence-electron chi connectivity index (χ0n) is 11.4. The van der Waals surface area contributed by atoms with E-state index in [1.165, 1.54) is 6.33 Å². The third-order valence-electron chi connectivity index (χ3n) is 3.44. The van der Waals surface area contributed by atoms with Crippen LogP contribution in [0.5, 0.6) is 5.75 Å². The predicted molar refractivity (Wildman–Crippen MR) is 73.2 cm³/mol. The molecule has 2 rings (SSSR count). The number of nitrogen functional groups attached to an aromatic ring is 1. The minimum Gasteiger partial charge on any atom is -0.490 e. The summed E-state index contributed by atoms with van der Waals surface area (Å²) in [5.41, 5.74) is 2.53. The number of nitrogens with two attached hydrogens (primary N) is 1. The van der Waals surface area contributed by atoms with E-state index in [2.05, 4.69) is 20.3 Å². The molecule has 0 aromatic carbocycles. The van der Waals surface area contributed by atoms with Crippen molar-refractivity contribution in [2.45, 2.75) is 12.8 Å². The second-order valence-corrected chi connectivity index (χ2v) is 4.61. The minimum absolute atomic E-state index is 0.506. The maximum absolute atomic E-state index is 5.43. The molecule has 1 saturated heterocycles. The first-order valence-electron chi connectivity index (χ1n) is 6.39. The van der Waals surface area contributed by atoms with Crippen LogP contribution in [0.2, 0.25) is 0 Å². The lowest BCUT2D eigenvalue weighted by atomic mass is 9.98. The van der Waals surface area contributed by atoms with Gasteiger partial charge in [0.25, 0.3) is 0 Å². The molecular formula is C12H21N5O2. The summed E-state index contributed by atoms with van der Waals surface area (Å²) in [5.74, 6) is 7.95. The first-order valence-corrected chi connectivity index (χ1v) is 6.39. The molecule has 1 aromatic rings. The van der Waals surface area contributed by atoms with Gasteiger partial charge < -0.3 is 19.8 Å². The van der Waals surface area contributed by atoms with Crippen molar-refractivity contribution in [2.75, 3.05) is 44.2 Å². The number of rotatable bonds is 5. The Bertz CT molecular complexity index is 407. The Kier molecular flexibility index (Phi) is 4.75. The molecule has 3 N–H and O–H groups in total. The van der Waals surface area contributed by atoms with Crippen molar-refractivity contribution in [1.29, 1.82) is 0 Å². The number of hydrogen-bond acceptors (Lipinski definition) is 7. The zero-order chi connectivity index (χ0) is 13.7. The molecule has 19 heavy (non-hydrogen) atoms. The fraction of sp³-hybridized carbons (Fsp3) is 0.667. The van der Waals surface area contributed by atoms with Gasteiger partial charge in [0.15, 0.2) is 11.6 Å².